The second-order valence-corrected chi connectivity index (χ2v) is 5.95. The van der Waals surface area contributed by atoms with Crippen LogP contribution < -0.4 is 5.32 Å². The highest BCUT2D eigenvalue weighted by atomic mass is 16.5. The number of rotatable bonds is 5. The Hall–Kier alpha value is -1.55. The van der Waals surface area contributed by atoms with Gasteiger partial charge in [-0.3, -0.25) is 0 Å². The molecule has 1 N–H and O–H groups in total. The Labute approximate surface area is 121 Å². The van der Waals surface area contributed by atoms with Gasteiger partial charge in [-0.1, -0.05) is 17.7 Å². The van der Waals surface area contributed by atoms with Crippen LogP contribution in [0, 0.1) is 6.92 Å². The molecule has 1 unspecified atom stereocenters. The summed E-state index contributed by atoms with van der Waals surface area (Å²) in [7, 11) is 1.38. The van der Waals surface area contributed by atoms with E-state index in [2.05, 4.69) is 5.32 Å². The van der Waals surface area contributed by atoms with Crippen molar-refractivity contribution in [2.45, 2.75) is 52.4 Å². The van der Waals surface area contributed by atoms with Crippen LogP contribution in [0.3, 0.4) is 0 Å². The lowest BCUT2D eigenvalue weighted by Gasteiger charge is -2.30. The maximum atomic E-state index is 11.9. The molecule has 1 aromatic carbocycles. The van der Waals surface area contributed by atoms with Crippen molar-refractivity contribution in [3.63, 3.8) is 0 Å². The summed E-state index contributed by atoms with van der Waals surface area (Å²) in [4.78, 5) is 11.9. The first-order valence-electron chi connectivity index (χ1n) is 6.82. The van der Waals surface area contributed by atoms with Crippen molar-refractivity contribution in [2.24, 2.45) is 0 Å². The van der Waals surface area contributed by atoms with Crippen LogP contribution in [-0.4, -0.2) is 30.8 Å². The Morgan fingerprint density at radius 2 is 1.75 bits per heavy atom. The molecule has 0 radical (unpaired) electrons. The van der Waals surface area contributed by atoms with Crippen LogP contribution in [-0.2, 0) is 14.3 Å². The molecule has 0 saturated carbocycles. The van der Waals surface area contributed by atoms with Gasteiger partial charge in [0.1, 0.15) is 0 Å². The van der Waals surface area contributed by atoms with Gasteiger partial charge >= 0.3 is 5.97 Å². The van der Waals surface area contributed by atoms with Gasteiger partial charge in [-0.25, -0.2) is 4.79 Å². The molecule has 0 heterocycles. The first-order chi connectivity index (χ1) is 9.23. The van der Waals surface area contributed by atoms with Gasteiger partial charge in [0.05, 0.1) is 18.8 Å². The Balaban J connectivity index is 2.84. The summed E-state index contributed by atoms with van der Waals surface area (Å²) in [6.07, 6.45) is -0.302. The van der Waals surface area contributed by atoms with E-state index in [9.17, 15) is 4.79 Å². The van der Waals surface area contributed by atoms with Crippen LogP contribution >= 0.6 is 0 Å². The minimum atomic E-state index is -0.540. The molecule has 2 atom stereocenters. The SMILES string of the molecule is COC(=O)[C@@H](Nc1ccc(C)cc1)C(C)OC(C)(C)C. The monoisotopic (exact) mass is 279 g/mol. The van der Waals surface area contributed by atoms with E-state index in [1.165, 1.54) is 12.7 Å². The second kappa shape index (κ2) is 6.75. The van der Waals surface area contributed by atoms with Crippen molar-refractivity contribution in [3.8, 4) is 0 Å². The van der Waals surface area contributed by atoms with Crippen molar-refractivity contribution in [1.82, 2.24) is 0 Å². The fraction of sp³-hybridized carbons (Fsp3) is 0.562. The number of methoxy groups -OCH3 is 1. The van der Waals surface area contributed by atoms with Crippen molar-refractivity contribution in [1.29, 1.82) is 0 Å². The summed E-state index contributed by atoms with van der Waals surface area (Å²) in [5.41, 5.74) is 1.72. The number of esters is 1. The fourth-order valence-electron chi connectivity index (χ4n) is 1.95. The molecule has 0 aliphatic rings. The maximum Gasteiger partial charge on any atom is 0.331 e. The third-order valence-corrected chi connectivity index (χ3v) is 2.84. The van der Waals surface area contributed by atoms with E-state index in [0.29, 0.717) is 0 Å². The summed E-state index contributed by atoms with van der Waals surface area (Å²) in [6, 6.07) is 7.32. The fourth-order valence-corrected chi connectivity index (χ4v) is 1.95. The summed E-state index contributed by atoms with van der Waals surface area (Å²) < 4.78 is 10.7. The summed E-state index contributed by atoms with van der Waals surface area (Å²) in [6.45, 7) is 9.78. The Bertz CT molecular complexity index is 434. The van der Waals surface area contributed by atoms with Gasteiger partial charge in [0.25, 0.3) is 0 Å². The number of aryl methyl sites for hydroxylation is 1. The molecule has 0 saturated heterocycles. The second-order valence-electron chi connectivity index (χ2n) is 5.95. The molecule has 4 nitrogen and oxygen atoms in total. The largest absolute Gasteiger partial charge is 0.467 e. The lowest BCUT2D eigenvalue weighted by atomic mass is 10.1. The average Bonchev–Trinajstić information content (AvgIpc) is 2.35. The summed E-state index contributed by atoms with van der Waals surface area (Å²) >= 11 is 0. The number of ether oxygens (including phenoxy) is 2. The molecular formula is C16H25NO3. The number of anilines is 1. The third-order valence-electron chi connectivity index (χ3n) is 2.84. The predicted molar refractivity (Wildman–Crippen MR) is 80.9 cm³/mol. The lowest BCUT2D eigenvalue weighted by molar-refractivity contribution is -0.147. The molecule has 0 aliphatic heterocycles. The van der Waals surface area contributed by atoms with Gasteiger partial charge < -0.3 is 14.8 Å². The minimum absolute atomic E-state index is 0.302. The Morgan fingerprint density at radius 1 is 1.20 bits per heavy atom. The van der Waals surface area contributed by atoms with E-state index in [1.54, 1.807) is 0 Å². The van der Waals surface area contributed by atoms with Crippen LogP contribution in [0.15, 0.2) is 24.3 Å². The molecule has 0 fully saturated rings. The number of hydrogen-bond acceptors (Lipinski definition) is 4. The lowest BCUT2D eigenvalue weighted by Crippen LogP contribution is -2.44. The number of hydrogen-bond donors (Lipinski definition) is 1. The van der Waals surface area contributed by atoms with Gasteiger partial charge in [0.2, 0.25) is 0 Å². The minimum Gasteiger partial charge on any atom is -0.467 e. The molecule has 20 heavy (non-hydrogen) atoms. The molecule has 0 aliphatic carbocycles. The van der Waals surface area contributed by atoms with Gasteiger partial charge in [0, 0.05) is 5.69 Å². The van der Waals surface area contributed by atoms with Crippen molar-refractivity contribution >= 4 is 11.7 Å². The number of carbonyl (C=O) groups excluding carboxylic acids is 1. The molecule has 112 valence electrons. The highest BCUT2D eigenvalue weighted by molar-refractivity contribution is 5.80. The van der Waals surface area contributed by atoms with Gasteiger partial charge in [-0.2, -0.15) is 0 Å². The number of carbonyl (C=O) groups is 1. The number of benzene rings is 1. The average molecular weight is 279 g/mol. The standard InChI is InChI=1S/C16H25NO3/c1-11-7-9-13(10-8-11)17-14(15(18)19-6)12(2)20-16(3,4)5/h7-10,12,14,17H,1-6H3/t12?,14-/m0/s1. The van der Waals surface area contributed by atoms with E-state index in [4.69, 9.17) is 9.47 Å². The topological polar surface area (TPSA) is 47.6 Å². The van der Waals surface area contributed by atoms with Crippen LogP contribution in [0.25, 0.3) is 0 Å². The van der Waals surface area contributed by atoms with Gasteiger partial charge in [0.15, 0.2) is 6.04 Å². The van der Waals surface area contributed by atoms with E-state index < -0.39 is 6.04 Å². The van der Waals surface area contributed by atoms with Crippen molar-refractivity contribution in [2.75, 3.05) is 12.4 Å². The van der Waals surface area contributed by atoms with Crippen molar-refractivity contribution < 1.29 is 14.3 Å². The first-order valence-corrected chi connectivity index (χ1v) is 6.82. The van der Waals surface area contributed by atoms with Crippen LogP contribution in [0.5, 0.6) is 0 Å². The highest BCUT2D eigenvalue weighted by Crippen LogP contribution is 2.18. The molecule has 1 rings (SSSR count). The summed E-state index contributed by atoms with van der Waals surface area (Å²) in [5.74, 6) is -0.331. The van der Waals surface area contributed by atoms with E-state index in [-0.39, 0.29) is 17.7 Å². The Kier molecular flexibility index (Phi) is 5.57. The third kappa shape index (κ3) is 5.21. The predicted octanol–water partition coefficient (Wildman–Crippen LogP) is 3.15. The van der Waals surface area contributed by atoms with Crippen molar-refractivity contribution in [3.05, 3.63) is 29.8 Å². The smallest absolute Gasteiger partial charge is 0.331 e. The molecule has 0 bridgehead atoms. The molecule has 0 aromatic heterocycles. The van der Waals surface area contributed by atoms with Crippen LogP contribution in [0.4, 0.5) is 5.69 Å². The first kappa shape index (κ1) is 16.5. The molecule has 4 heteroatoms. The van der Waals surface area contributed by atoms with E-state index in [1.807, 2.05) is 58.9 Å². The Morgan fingerprint density at radius 3 is 2.20 bits per heavy atom. The number of nitrogens with one attached hydrogen (secondary N) is 1. The molecule has 1 aromatic rings. The quantitative estimate of drug-likeness (QED) is 0.841. The molecule has 0 spiro atoms. The van der Waals surface area contributed by atoms with E-state index >= 15 is 0 Å². The highest BCUT2D eigenvalue weighted by Gasteiger charge is 2.29. The normalized spacial score (nSPS) is 14.5. The zero-order chi connectivity index (χ0) is 15.3. The molecule has 0 amide bonds. The zero-order valence-corrected chi connectivity index (χ0v) is 13.2. The zero-order valence-electron chi connectivity index (χ0n) is 13.2. The van der Waals surface area contributed by atoms with Gasteiger partial charge in [-0.05, 0) is 46.8 Å². The van der Waals surface area contributed by atoms with Crippen LogP contribution in [0.1, 0.15) is 33.3 Å². The van der Waals surface area contributed by atoms with E-state index in [0.717, 1.165) is 5.69 Å². The molecular weight excluding hydrogens is 254 g/mol. The maximum absolute atomic E-state index is 11.9. The van der Waals surface area contributed by atoms with Crippen LogP contribution in [0.2, 0.25) is 0 Å². The summed E-state index contributed by atoms with van der Waals surface area (Å²) in [5, 5.41) is 3.18. The van der Waals surface area contributed by atoms with Gasteiger partial charge in [-0.15, -0.1) is 0 Å².